The van der Waals surface area contributed by atoms with E-state index in [1.54, 1.807) is 0 Å². The molecule has 2 nitrogen and oxygen atoms in total. The van der Waals surface area contributed by atoms with Crippen molar-refractivity contribution < 1.29 is 4.79 Å². The number of hydrogen-bond acceptors (Lipinski definition) is 1. The van der Waals surface area contributed by atoms with Crippen molar-refractivity contribution >= 4 is 33.2 Å². The molecule has 0 atom stereocenters. The molecule has 0 bridgehead atoms. The molecule has 0 radical (unpaired) electrons. The van der Waals surface area contributed by atoms with Crippen molar-refractivity contribution in [2.24, 2.45) is 0 Å². The van der Waals surface area contributed by atoms with Crippen LogP contribution in [-0.4, -0.2) is 5.91 Å². The quantitative estimate of drug-likeness (QED) is 0.769. The van der Waals surface area contributed by atoms with E-state index in [1.165, 1.54) is 11.1 Å². The van der Waals surface area contributed by atoms with Gasteiger partial charge in [0.05, 0.1) is 12.1 Å². The highest BCUT2D eigenvalue weighted by Crippen LogP contribution is 2.37. The van der Waals surface area contributed by atoms with Gasteiger partial charge in [0.15, 0.2) is 0 Å². The molecular weight excluding hydrogens is 302 g/mol. The fourth-order valence-corrected chi connectivity index (χ4v) is 2.77. The first-order valence-corrected chi connectivity index (χ1v) is 7.04. The summed E-state index contributed by atoms with van der Waals surface area (Å²) in [7, 11) is 0. The molecule has 0 aliphatic carbocycles. The maximum absolute atomic E-state index is 12.2. The van der Waals surface area contributed by atoms with E-state index >= 15 is 0 Å². The smallest absolute Gasteiger partial charge is 0.236 e. The Bertz CT molecular complexity index is 678. The number of fused-ring (bicyclic) bond motifs is 1. The number of halogens is 1. The Morgan fingerprint density at radius 3 is 2.58 bits per heavy atom. The van der Waals surface area contributed by atoms with Crippen molar-refractivity contribution in [2.45, 2.75) is 20.3 Å². The summed E-state index contributed by atoms with van der Waals surface area (Å²) in [5.74, 6) is 0.136. The third-order valence-electron chi connectivity index (χ3n) is 3.63. The molecule has 19 heavy (non-hydrogen) atoms. The Balaban J connectivity index is 2.13. The first kappa shape index (κ1) is 12.4. The number of hydrogen-bond donors (Lipinski definition) is 0. The Labute approximate surface area is 121 Å². The van der Waals surface area contributed by atoms with Gasteiger partial charge in [-0.25, -0.2) is 0 Å². The zero-order valence-electron chi connectivity index (χ0n) is 10.9. The van der Waals surface area contributed by atoms with Crippen molar-refractivity contribution in [3.8, 4) is 0 Å². The number of benzene rings is 2. The number of amides is 1. The van der Waals surface area contributed by atoms with Crippen molar-refractivity contribution in [3.05, 3.63) is 57.6 Å². The van der Waals surface area contributed by atoms with E-state index in [1.807, 2.05) is 29.2 Å². The highest BCUT2D eigenvalue weighted by Gasteiger charge is 2.28. The Kier molecular flexibility index (Phi) is 2.94. The van der Waals surface area contributed by atoms with Gasteiger partial charge < -0.3 is 0 Å². The van der Waals surface area contributed by atoms with Gasteiger partial charge in [0.2, 0.25) is 5.91 Å². The Morgan fingerprint density at radius 2 is 1.84 bits per heavy atom. The van der Waals surface area contributed by atoms with Crippen molar-refractivity contribution in [2.75, 3.05) is 4.90 Å². The van der Waals surface area contributed by atoms with Crippen LogP contribution < -0.4 is 4.90 Å². The Morgan fingerprint density at radius 1 is 1.05 bits per heavy atom. The minimum absolute atomic E-state index is 0.136. The lowest BCUT2D eigenvalue weighted by atomic mass is 10.1. The molecule has 0 unspecified atom stereocenters. The minimum Gasteiger partial charge on any atom is -0.280 e. The predicted octanol–water partition coefficient (Wildman–Crippen LogP) is 4.29. The number of rotatable bonds is 1. The van der Waals surface area contributed by atoms with Gasteiger partial charge in [0.1, 0.15) is 0 Å². The Hall–Kier alpha value is -1.61. The molecule has 0 N–H and O–H groups in total. The first-order valence-electron chi connectivity index (χ1n) is 6.25. The molecule has 2 aromatic carbocycles. The van der Waals surface area contributed by atoms with Gasteiger partial charge in [-0.05, 0) is 54.8 Å². The fraction of sp³-hybridized carbons (Fsp3) is 0.188. The lowest BCUT2D eigenvalue weighted by molar-refractivity contribution is -0.116. The van der Waals surface area contributed by atoms with Crippen LogP contribution in [0.4, 0.5) is 11.4 Å². The van der Waals surface area contributed by atoms with Crippen LogP contribution in [0.3, 0.4) is 0 Å². The summed E-state index contributed by atoms with van der Waals surface area (Å²) in [4.78, 5) is 14.1. The van der Waals surface area contributed by atoms with Gasteiger partial charge in [-0.2, -0.15) is 0 Å². The van der Waals surface area contributed by atoms with E-state index in [0.717, 1.165) is 21.4 Å². The third kappa shape index (κ3) is 2.08. The highest BCUT2D eigenvalue weighted by molar-refractivity contribution is 9.10. The van der Waals surface area contributed by atoms with Crippen LogP contribution in [0.25, 0.3) is 0 Å². The number of nitrogens with zero attached hydrogens (tertiary/aromatic N) is 1. The van der Waals surface area contributed by atoms with Gasteiger partial charge in [-0.15, -0.1) is 0 Å². The molecule has 1 aliphatic heterocycles. The maximum Gasteiger partial charge on any atom is 0.236 e. The molecule has 1 heterocycles. The van der Waals surface area contributed by atoms with Crippen LogP contribution in [0.1, 0.15) is 16.7 Å². The van der Waals surface area contributed by atoms with Crippen molar-refractivity contribution in [3.63, 3.8) is 0 Å². The molecule has 0 fully saturated rings. The molecular formula is C16H14BrNO. The summed E-state index contributed by atoms with van der Waals surface area (Å²) < 4.78 is 0.995. The van der Waals surface area contributed by atoms with Crippen LogP contribution in [-0.2, 0) is 11.2 Å². The molecule has 0 aromatic heterocycles. The summed E-state index contributed by atoms with van der Waals surface area (Å²) in [6.45, 7) is 4.15. The molecule has 0 saturated heterocycles. The zero-order valence-corrected chi connectivity index (χ0v) is 12.5. The molecule has 1 aliphatic rings. The fourth-order valence-electron chi connectivity index (χ4n) is 2.42. The predicted molar refractivity (Wildman–Crippen MR) is 80.9 cm³/mol. The van der Waals surface area contributed by atoms with Gasteiger partial charge in [0, 0.05) is 10.2 Å². The second-order valence-electron chi connectivity index (χ2n) is 4.95. The normalized spacial score (nSPS) is 13.8. The van der Waals surface area contributed by atoms with Gasteiger partial charge in [0.25, 0.3) is 0 Å². The largest absolute Gasteiger partial charge is 0.280 e. The monoisotopic (exact) mass is 315 g/mol. The molecule has 3 heteroatoms. The topological polar surface area (TPSA) is 20.3 Å². The van der Waals surface area contributed by atoms with Gasteiger partial charge in [-0.1, -0.05) is 28.1 Å². The number of aryl methyl sites for hydroxylation is 2. The summed E-state index contributed by atoms with van der Waals surface area (Å²) in [6, 6.07) is 12.1. The van der Waals surface area contributed by atoms with Crippen LogP contribution >= 0.6 is 15.9 Å². The third-order valence-corrected chi connectivity index (χ3v) is 4.12. The SMILES string of the molecule is Cc1ccc(N2C(=O)Cc3ccc(Br)cc32)cc1C. The van der Waals surface area contributed by atoms with Crippen molar-refractivity contribution in [1.29, 1.82) is 0 Å². The molecule has 96 valence electrons. The van der Waals surface area contributed by atoms with E-state index in [0.29, 0.717) is 6.42 Å². The van der Waals surface area contributed by atoms with Gasteiger partial charge in [-0.3, -0.25) is 9.69 Å². The number of carbonyl (C=O) groups is 1. The molecule has 3 rings (SSSR count). The zero-order chi connectivity index (χ0) is 13.6. The maximum atomic E-state index is 12.2. The van der Waals surface area contributed by atoms with E-state index < -0.39 is 0 Å². The standard InChI is InChI=1S/C16H14BrNO/c1-10-3-6-14(7-11(10)2)18-15-9-13(17)5-4-12(15)8-16(18)19/h3-7,9H,8H2,1-2H3. The summed E-state index contributed by atoms with van der Waals surface area (Å²) in [6.07, 6.45) is 0.482. The molecule has 0 spiro atoms. The van der Waals surface area contributed by atoms with E-state index in [2.05, 4.69) is 41.9 Å². The lowest BCUT2D eigenvalue weighted by Crippen LogP contribution is -2.20. The molecule has 1 amide bonds. The lowest BCUT2D eigenvalue weighted by Gasteiger charge is -2.19. The van der Waals surface area contributed by atoms with Crippen molar-refractivity contribution in [1.82, 2.24) is 0 Å². The van der Waals surface area contributed by atoms with Crippen LogP contribution in [0, 0.1) is 13.8 Å². The minimum atomic E-state index is 0.136. The van der Waals surface area contributed by atoms with E-state index in [-0.39, 0.29) is 5.91 Å². The number of carbonyl (C=O) groups excluding carboxylic acids is 1. The highest BCUT2D eigenvalue weighted by atomic mass is 79.9. The summed E-state index contributed by atoms with van der Waals surface area (Å²) in [5, 5.41) is 0. The van der Waals surface area contributed by atoms with Gasteiger partial charge >= 0.3 is 0 Å². The van der Waals surface area contributed by atoms with Crippen LogP contribution in [0.15, 0.2) is 40.9 Å². The summed E-state index contributed by atoms with van der Waals surface area (Å²) >= 11 is 3.47. The number of anilines is 2. The first-order chi connectivity index (χ1) is 9.06. The second kappa shape index (κ2) is 4.49. The average Bonchev–Trinajstić information content (AvgIpc) is 2.68. The van der Waals surface area contributed by atoms with Crippen LogP contribution in [0.5, 0.6) is 0 Å². The molecule has 0 saturated carbocycles. The average molecular weight is 316 g/mol. The van der Waals surface area contributed by atoms with E-state index in [4.69, 9.17) is 0 Å². The molecule has 2 aromatic rings. The van der Waals surface area contributed by atoms with Crippen LogP contribution in [0.2, 0.25) is 0 Å². The second-order valence-corrected chi connectivity index (χ2v) is 5.86. The van der Waals surface area contributed by atoms with E-state index in [9.17, 15) is 4.79 Å². The summed E-state index contributed by atoms with van der Waals surface area (Å²) in [5.41, 5.74) is 5.47.